The van der Waals surface area contributed by atoms with Crippen LogP contribution >= 0.6 is 0 Å². The molecule has 0 saturated heterocycles. The van der Waals surface area contributed by atoms with Crippen molar-refractivity contribution in [3.8, 4) is 0 Å². The molecule has 0 aromatic carbocycles. The average Bonchev–Trinajstić information content (AvgIpc) is 2.68. The Morgan fingerprint density at radius 3 is 1.64 bits per heavy atom. The molecule has 2 heterocycles. The van der Waals surface area contributed by atoms with Gasteiger partial charge < -0.3 is 0 Å². The van der Waals surface area contributed by atoms with Gasteiger partial charge in [0.25, 0.3) is 0 Å². The molecule has 2 atom stereocenters. The Hall–Kier alpha value is -1.77. The second-order valence-electron chi connectivity index (χ2n) is 12.8. The second kappa shape index (κ2) is 10.2. The van der Waals surface area contributed by atoms with E-state index < -0.39 is 0 Å². The van der Waals surface area contributed by atoms with E-state index in [-0.39, 0.29) is 10.8 Å². The Labute approximate surface area is 204 Å². The van der Waals surface area contributed by atoms with E-state index in [9.17, 15) is 0 Å². The highest BCUT2D eigenvalue weighted by atomic mass is 14.9. The smallest absolute Gasteiger partial charge is 0.125 e. The van der Waals surface area contributed by atoms with Crippen LogP contribution in [0.15, 0.2) is 12.3 Å². The van der Waals surface area contributed by atoms with E-state index in [1.54, 1.807) is 0 Å². The highest BCUT2D eigenvalue weighted by Crippen LogP contribution is 2.40. The van der Waals surface area contributed by atoms with Gasteiger partial charge in [-0.3, -0.25) is 4.98 Å². The first kappa shape index (κ1) is 27.5. The third kappa shape index (κ3) is 6.43. The molecule has 0 bridgehead atoms. The first-order chi connectivity index (χ1) is 15.1. The number of aryl methyl sites for hydroxylation is 1. The van der Waals surface area contributed by atoms with Gasteiger partial charge in [0.1, 0.15) is 5.82 Å². The van der Waals surface area contributed by atoms with Crippen molar-refractivity contribution in [2.24, 2.45) is 0 Å². The Morgan fingerprint density at radius 2 is 1.15 bits per heavy atom. The van der Waals surface area contributed by atoms with Crippen LogP contribution in [-0.2, 0) is 10.8 Å². The molecule has 0 amide bonds. The molecule has 3 heteroatoms. The molecule has 0 aliphatic carbocycles. The average molecular weight is 452 g/mol. The van der Waals surface area contributed by atoms with E-state index in [4.69, 9.17) is 15.0 Å². The maximum atomic E-state index is 5.01. The molecule has 0 radical (unpaired) electrons. The predicted molar refractivity (Wildman–Crippen MR) is 143 cm³/mol. The highest BCUT2D eigenvalue weighted by molar-refractivity contribution is 5.40. The lowest BCUT2D eigenvalue weighted by atomic mass is 9.75. The minimum atomic E-state index is 0.0270. The highest BCUT2D eigenvalue weighted by Gasteiger charge is 2.30. The molecule has 2 aromatic rings. The lowest BCUT2D eigenvalue weighted by Crippen LogP contribution is -2.23. The van der Waals surface area contributed by atoms with Gasteiger partial charge in [-0.05, 0) is 71.5 Å². The van der Waals surface area contributed by atoms with Crippen molar-refractivity contribution in [3.63, 3.8) is 0 Å². The van der Waals surface area contributed by atoms with Crippen molar-refractivity contribution in [1.82, 2.24) is 15.0 Å². The van der Waals surface area contributed by atoms with Crippen molar-refractivity contribution < 1.29 is 0 Å². The summed E-state index contributed by atoms with van der Waals surface area (Å²) >= 11 is 0. The third-order valence-corrected chi connectivity index (χ3v) is 6.71. The molecule has 184 valence electrons. The first-order valence-corrected chi connectivity index (χ1v) is 12.9. The zero-order valence-corrected chi connectivity index (χ0v) is 23.7. The molecule has 33 heavy (non-hydrogen) atoms. The largest absolute Gasteiger partial charge is 0.261 e. The topological polar surface area (TPSA) is 38.7 Å². The van der Waals surface area contributed by atoms with Crippen molar-refractivity contribution in [3.05, 3.63) is 51.9 Å². The van der Waals surface area contributed by atoms with Gasteiger partial charge in [0.15, 0.2) is 0 Å². The third-order valence-electron chi connectivity index (χ3n) is 6.71. The van der Waals surface area contributed by atoms with Gasteiger partial charge in [-0.1, -0.05) is 83.1 Å². The van der Waals surface area contributed by atoms with Crippen LogP contribution in [0, 0.1) is 6.92 Å². The summed E-state index contributed by atoms with van der Waals surface area (Å²) in [7, 11) is 0. The molecule has 0 N–H and O–H groups in total. The summed E-state index contributed by atoms with van der Waals surface area (Å²) in [6.07, 6.45) is 4.26. The molecule has 0 aliphatic heterocycles. The van der Waals surface area contributed by atoms with Crippen molar-refractivity contribution in [1.29, 1.82) is 0 Å². The molecular weight excluding hydrogens is 402 g/mol. The molecule has 3 nitrogen and oxygen atoms in total. The molecule has 2 unspecified atom stereocenters. The van der Waals surface area contributed by atoms with Crippen LogP contribution in [0.5, 0.6) is 0 Å². The number of rotatable bonds is 7. The molecule has 2 rings (SSSR count). The lowest BCUT2D eigenvalue weighted by molar-refractivity contribution is 0.506. The molecule has 2 aromatic heterocycles. The number of aromatic nitrogens is 3. The summed E-state index contributed by atoms with van der Waals surface area (Å²) < 4.78 is 0. The molecule has 0 fully saturated rings. The normalized spacial score (nSPS) is 14.8. The monoisotopic (exact) mass is 451 g/mol. The van der Waals surface area contributed by atoms with E-state index in [2.05, 4.69) is 89.2 Å². The van der Waals surface area contributed by atoms with Crippen LogP contribution in [-0.4, -0.2) is 15.0 Å². The van der Waals surface area contributed by atoms with E-state index >= 15 is 0 Å². The zero-order chi connectivity index (χ0) is 25.3. The van der Waals surface area contributed by atoms with Gasteiger partial charge in [0.2, 0.25) is 0 Å². The molecule has 0 saturated carbocycles. The fourth-order valence-corrected chi connectivity index (χ4v) is 5.11. The minimum Gasteiger partial charge on any atom is -0.261 e. The van der Waals surface area contributed by atoms with Crippen LogP contribution in [0.1, 0.15) is 159 Å². The quantitative estimate of drug-likeness (QED) is 0.422. The van der Waals surface area contributed by atoms with Gasteiger partial charge in [-0.15, -0.1) is 0 Å². The lowest BCUT2D eigenvalue weighted by Gasteiger charge is -2.31. The Bertz CT molecular complexity index is 942. The maximum absolute atomic E-state index is 5.01. The van der Waals surface area contributed by atoms with Gasteiger partial charge in [0, 0.05) is 17.5 Å². The summed E-state index contributed by atoms with van der Waals surface area (Å²) in [5, 5.41) is 0. The van der Waals surface area contributed by atoms with Crippen LogP contribution in [0.4, 0.5) is 0 Å². The summed E-state index contributed by atoms with van der Waals surface area (Å²) in [6.45, 7) is 29.6. The molecule has 0 aliphatic rings. The van der Waals surface area contributed by atoms with Gasteiger partial charge in [-0.25, -0.2) is 9.97 Å². The standard InChI is InChI=1S/C30H49N3/c1-18(2)26-24(29(8,9)10)23(16-17-31-26)20(5)14-15-21(6)28-25(30(11,12)13)27(19(3)4)32-22(7)33-28/h16-21H,14-15H2,1-13H3. The van der Waals surface area contributed by atoms with Crippen molar-refractivity contribution in [2.75, 3.05) is 0 Å². The Morgan fingerprint density at radius 1 is 0.667 bits per heavy atom. The van der Waals surface area contributed by atoms with Crippen LogP contribution < -0.4 is 0 Å². The summed E-state index contributed by atoms with van der Waals surface area (Å²) in [5.74, 6) is 2.59. The van der Waals surface area contributed by atoms with Crippen LogP contribution in [0.2, 0.25) is 0 Å². The van der Waals surface area contributed by atoms with Gasteiger partial charge >= 0.3 is 0 Å². The van der Waals surface area contributed by atoms with Crippen molar-refractivity contribution in [2.45, 2.75) is 137 Å². The molecular formula is C30H49N3. The van der Waals surface area contributed by atoms with E-state index in [1.165, 1.54) is 33.8 Å². The van der Waals surface area contributed by atoms with Gasteiger partial charge in [-0.2, -0.15) is 0 Å². The zero-order valence-electron chi connectivity index (χ0n) is 23.7. The summed E-state index contributed by atoms with van der Waals surface area (Å²) in [5.41, 5.74) is 8.09. The number of nitrogens with zero attached hydrogens (tertiary/aromatic N) is 3. The number of pyridine rings is 1. The fraction of sp³-hybridized carbons (Fsp3) is 0.700. The maximum Gasteiger partial charge on any atom is 0.125 e. The van der Waals surface area contributed by atoms with Gasteiger partial charge in [0.05, 0.1) is 11.4 Å². The van der Waals surface area contributed by atoms with E-state index in [0.29, 0.717) is 23.7 Å². The predicted octanol–water partition coefficient (Wildman–Crippen LogP) is 8.71. The minimum absolute atomic E-state index is 0.0270. The Kier molecular flexibility index (Phi) is 8.52. The summed E-state index contributed by atoms with van der Waals surface area (Å²) in [4.78, 5) is 14.7. The number of hydrogen-bond donors (Lipinski definition) is 0. The first-order valence-electron chi connectivity index (χ1n) is 12.9. The second-order valence-corrected chi connectivity index (χ2v) is 12.8. The SMILES string of the molecule is Cc1nc(C(C)C)c(C(C)(C)C)c(C(C)CCC(C)c2ccnc(C(C)C)c2C(C)(C)C)n1. The van der Waals surface area contributed by atoms with Crippen LogP contribution in [0.3, 0.4) is 0 Å². The van der Waals surface area contributed by atoms with Crippen molar-refractivity contribution >= 4 is 0 Å². The molecule has 0 spiro atoms. The van der Waals surface area contributed by atoms with E-state index in [0.717, 1.165) is 18.7 Å². The van der Waals surface area contributed by atoms with E-state index in [1.807, 2.05) is 13.1 Å². The number of hydrogen-bond acceptors (Lipinski definition) is 3. The summed E-state index contributed by atoms with van der Waals surface area (Å²) in [6, 6.07) is 2.26. The Balaban J connectivity index is 2.40. The van der Waals surface area contributed by atoms with Crippen LogP contribution in [0.25, 0.3) is 0 Å². The fourth-order valence-electron chi connectivity index (χ4n) is 5.11.